The maximum absolute atomic E-state index is 12.3. The molecule has 4 rings (SSSR count). The number of rotatable bonds is 4. The molecule has 27 heavy (non-hydrogen) atoms. The Balaban J connectivity index is 1.36. The molecule has 1 spiro atoms. The molecule has 2 saturated heterocycles. The van der Waals surface area contributed by atoms with Gasteiger partial charge in [-0.3, -0.25) is 4.79 Å². The van der Waals surface area contributed by atoms with Crippen LogP contribution in [-0.4, -0.2) is 55.1 Å². The van der Waals surface area contributed by atoms with Gasteiger partial charge in [-0.2, -0.15) is 0 Å². The zero-order valence-electron chi connectivity index (χ0n) is 15.2. The highest BCUT2D eigenvalue weighted by atomic mass is 16.7. The molecule has 0 saturated carbocycles. The van der Waals surface area contributed by atoms with Gasteiger partial charge in [-0.15, -0.1) is 0 Å². The van der Waals surface area contributed by atoms with Crippen molar-refractivity contribution in [1.82, 2.24) is 9.97 Å². The van der Waals surface area contributed by atoms with E-state index >= 15 is 0 Å². The van der Waals surface area contributed by atoms with Gasteiger partial charge in [-0.25, -0.2) is 9.97 Å². The fourth-order valence-corrected chi connectivity index (χ4v) is 3.33. The Morgan fingerprint density at radius 1 is 1.11 bits per heavy atom. The molecule has 1 amide bonds. The summed E-state index contributed by atoms with van der Waals surface area (Å²) in [5.41, 5.74) is 0.940. The van der Waals surface area contributed by atoms with E-state index in [0.717, 1.165) is 37.5 Å². The van der Waals surface area contributed by atoms with Gasteiger partial charge in [0.25, 0.3) is 5.91 Å². The van der Waals surface area contributed by atoms with Crippen LogP contribution in [0, 0.1) is 0 Å². The van der Waals surface area contributed by atoms with Crippen LogP contribution in [0.1, 0.15) is 23.3 Å². The number of nitrogens with one attached hydrogen (secondary N) is 1. The molecule has 2 aromatic rings. The summed E-state index contributed by atoms with van der Waals surface area (Å²) in [5, 5.41) is 2.80. The highest BCUT2D eigenvalue weighted by Gasteiger charge is 2.40. The number of piperidine rings is 1. The Hall–Kier alpha value is -2.71. The van der Waals surface area contributed by atoms with Gasteiger partial charge in [-0.1, -0.05) is 0 Å². The number of ether oxygens (including phenoxy) is 3. The zero-order chi connectivity index (χ0) is 18.7. The van der Waals surface area contributed by atoms with Gasteiger partial charge in [-0.05, 0) is 24.3 Å². The van der Waals surface area contributed by atoms with Gasteiger partial charge in [0, 0.05) is 31.6 Å². The van der Waals surface area contributed by atoms with E-state index in [0.29, 0.717) is 18.9 Å². The Morgan fingerprint density at radius 2 is 1.81 bits per heavy atom. The quantitative estimate of drug-likeness (QED) is 0.882. The van der Waals surface area contributed by atoms with Crippen molar-refractivity contribution >= 4 is 17.4 Å². The number of carbonyl (C=O) groups is 1. The molecule has 0 bridgehead atoms. The SMILES string of the molecule is COc1ccc(NC(=O)c2cnc(N3CCC4(CC3)OCCO4)cn2)cc1. The number of carbonyl (C=O) groups excluding carboxylic acids is 1. The van der Waals surface area contributed by atoms with E-state index < -0.39 is 5.79 Å². The van der Waals surface area contributed by atoms with E-state index in [4.69, 9.17) is 14.2 Å². The van der Waals surface area contributed by atoms with Crippen molar-refractivity contribution in [1.29, 1.82) is 0 Å². The van der Waals surface area contributed by atoms with Crippen LogP contribution in [0.2, 0.25) is 0 Å². The number of hydrogen-bond donors (Lipinski definition) is 1. The minimum absolute atomic E-state index is 0.269. The van der Waals surface area contributed by atoms with Gasteiger partial charge in [0.1, 0.15) is 17.3 Å². The van der Waals surface area contributed by atoms with Crippen LogP contribution in [0.25, 0.3) is 0 Å². The standard InChI is InChI=1S/C19H22N4O4/c1-25-15-4-2-14(3-5-15)22-18(24)16-12-21-17(13-20-16)23-8-6-19(7-9-23)26-10-11-27-19/h2-5,12-13H,6-11H2,1H3,(H,22,24). The summed E-state index contributed by atoms with van der Waals surface area (Å²) in [4.78, 5) is 23.1. The van der Waals surface area contributed by atoms with Gasteiger partial charge < -0.3 is 24.4 Å². The second-order valence-electron chi connectivity index (χ2n) is 6.54. The molecule has 8 heteroatoms. The average molecular weight is 370 g/mol. The fourth-order valence-electron chi connectivity index (χ4n) is 3.33. The summed E-state index contributed by atoms with van der Waals surface area (Å²) < 4.78 is 16.6. The number of aromatic nitrogens is 2. The number of hydrogen-bond acceptors (Lipinski definition) is 7. The van der Waals surface area contributed by atoms with Gasteiger partial charge >= 0.3 is 0 Å². The minimum Gasteiger partial charge on any atom is -0.497 e. The van der Waals surface area contributed by atoms with Crippen LogP contribution in [0.15, 0.2) is 36.7 Å². The highest BCUT2D eigenvalue weighted by molar-refractivity contribution is 6.02. The predicted molar refractivity (Wildman–Crippen MR) is 99.1 cm³/mol. The lowest BCUT2D eigenvalue weighted by molar-refractivity contribution is -0.169. The molecule has 0 aliphatic carbocycles. The molecule has 0 radical (unpaired) electrons. The number of anilines is 2. The third kappa shape index (κ3) is 3.86. The lowest BCUT2D eigenvalue weighted by atomic mass is 10.0. The molecule has 2 aliphatic heterocycles. The van der Waals surface area contributed by atoms with Crippen molar-refractivity contribution < 1.29 is 19.0 Å². The van der Waals surface area contributed by atoms with E-state index in [9.17, 15) is 4.79 Å². The van der Waals surface area contributed by atoms with Crippen LogP contribution in [0.4, 0.5) is 11.5 Å². The summed E-state index contributed by atoms with van der Waals surface area (Å²) in [5.74, 6) is 0.768. The Kier molecular flexibility index (Phi) is 4.91. The molecule has 142 valence electrons. The predicted octanol–water partition coefficient (Wildman–Crippen LogP) is 2.08. The van der Waals surface area contributed by atoms with Crippen molar-refractivity contribution in [3.05, 3.63) is 42.4 Å². The second kappa shape index (κ2) is 7.50. The molecule has 2 fully saturated rings. The Labute approximate surface area is 157 Å². The molecular weight excluding hydrogens is 348 g/mol. The van der Waals surface area contributed by atoms with Crippen LogP contribution in [0.5, 0.6) is 5.75 Å². The van der Waals surface area contributed by atoms with E-state index in [-0.39, 0.29) is 11.6 Å². The smallest absolute Gasteiger partial charge is 0.275 e. The maximum Gasteiger partial charge on any atom is 0.275 e. The first-order valence-electron chi connectivity index (χ1n) is 8.98. The monoisotopic (exact) mass is 370 g/mol. The molecule has 1 N–H and O–H groups in total. The number of benzene rings is 1. The van der Waals surface area contributed by atoms with Crippen LogP contribution < -0.4 is 15.0 Å². The van der Waals surface area contributed by atoms with E-state index in [1.807, 2.05) is 0 Å². The summed E-state index contributed by atoms with van der Waals surface area (Å²) in [7, 11) is 1.60. The summed E-state index contributed by atoms with van der Waals surface area (Å²) in [6, 6.07) is 7.11. The van der Waals surface area contributed by atoms with Crippen molar-refractivity contribution in [2.75, 3.05) is 43.6 Å². The van der Waals surface area contributed by atoms with Gasteiger partial charge in [0.05, 0.1) is 32.7 Å². The summed E-state index contributed by atoms with van der Waals surface area (Å²) in [6.45, 7) is 2.90. The van der Waals surface area contributed by atoms with Gasteiger partial charge in [0.15, 0.2) is 5.79 Å². The topological polar surface area (TPSA) is 85.8 Å². The number of methoxy groups -OCH3 is 1. The molecule has 1 aromatic carbocycles. The second-order valence-corrected chi connectivity index (χ2v) is 6.54. The third-order valence-corrected chi connectivity index (χ3v) is 4.88. The normalized spacial score (nSPS) is 18.5. The molecule has 2 aliphatic rings. The van der Waals surface area contributed by atoms with Crippen LogP contribution >= 0.6 is 0 Å². The van der Waals surface area contributed by atoms with E-state index in [2.05, 4.69) is 20.2 Å². The molecule has 0 atom stereocenters. The number of nitrogens with zero attached hydrogens (tertiary/aromatic N) is 3. The largest absolute Gasteiger partial charge is 0.497 e. The summed E-state index contributed by atoms with van der Waals surface area (Å²) >= 11 is 0. The van der Waals surface area contributed by atoms with Crippen molar-refractivity contribution in [3.8, 4) is 5.75 Å². The van der Waals surface area contributed by atoms with Crippen LogP contribution in [-0.2, 0) is 9.47 Å². The first-order chi connectivity index (χ1) is 13.2. The van der Waals surface area contributed by atoms with E-state index in [1.165, 1.54) is 6.20 Å². The first-order valence-corrected chi connectivity index (χ1v) is 8.98. The van der Waals surface area contributed by atoms with Crippen molar-refractivity contribution in [2.24, 2.45) is 0 Å². The Morgan fingerprint density at radius 3 is 2.41 bits per heavy atom. The molecule has 1 aromatic heterocycles. The highest BCUT2D eigenvalue weighted by Crippen LogP contribution is 2.32. The molecule has 0 unspecified atom stereocenters. The van der Waals surface area contributed by atoms with Crippen molar-refractivity contribution in [3.63, 3.8) is 0 Å². The lowest BCUT2D eigenvalue weighted by Crippen LogP contribution is -2.45. The lowest BCUT2D eigenvalue weighted by Gasteiger charge is -2.37. The first kappa shape index (κ1) is 17.7. The summed E-state index contributed by atoms with van der Waals surface area (Å²) in [6.07, 6.45) is 4.74. The minimum atomic E-state index is -0.415. The molecule has 3 heterocycles. The van der Waals surface area contributed by atoms with Gasteiger partial charge in [0.2, 0.25) is 0 Å². The number of amides is 1. The molecule has 8 nitrogen and oxygen atoms in total. The zero-order valence-corrected chi connectivity index (χ0v) is 15.2. The third-order valence-electron chi connectivity index (χ3n) is 4.88. The van der Waals surface area contributed by atoms with Crippen molar-refractivity contribution in [2.45, 2.75) is 18.6 Å². The maximum atomic E-state index is 12.3. The fraction of sp³-hybridized carbons (Fsp3) is 0.421. The average Bonchev–Trinajstić information content (AvgIpc) is 3.17. The van der Waals surface area contributed by atoms with E-state index in [1.54, 1.807) is 37.6 Å². The molecular formula is C19H22N4O4. The van der Waals surface area contributed by atoms with Crippen LogP contribution in [0.3, 0.4) is 0 Å². The Bertz CT molecular complexity index is 778.